The van der Waals surface area contributed by atoms with Crippen LogP contribution < -0.4 is 5.32 Å². The lowest BCUT2D eigenvalue weighted by Gasteiger charge is -2.38. The Morgan fingerprint density at radius 1 is 1.48 bits per heavy atom. The smallest absolute Gasteiger partial charge is 0.241 e. The van der Waals surface area contributed by atoms with Crippen molar-refractivity contribution in [3.8, 4) is 6.07 Å². The van der Waals surface area contributed by atoms with Crippen LogP contribution in [0.3, 0.4) is 0 Å². The summed E-state index contributed by atoms with van der Waals surface area (Å²) in [7, 11) is 0. The maximum Gasteiger partial charge on any atom is 0.241 e. The fourth-order valence-electron chi connectivity index (χ4n) is 3.05. The van der Waals surface area contributed by atoms with E-state index >= 15 is 0 Å². The molecule has 21 heavy (non-hydrogen) atoms. The molecule has 112 valence electrons. The van der Waals surface area contributed by atoms with E-state index in [1.807, 2.05) is 13.0 Å². The van der Waals surface area contributed by atoms with Crippen LogP contribution >= 0.6 is 0 Å². The molecule has 4 nitrogen and oxygen atoms in total. The van der Waals surface area contributed by atoms with Gasteiger partial charge < -0.3 is 5.32 Å². The van der Waals surface area contributed by atoms with Gasteiger partial charge in [-0.25, -0.2) is 0 Å². The molecular weight excluding hydrogens is 262 g/mol. The fraction of sp³-hybridized carbons (Fsp3) is 0.529. The van der Waals surface area contributed by atoms with Gasteiger partial charge in [0.25, 0.3) is 0 Å². The Labute approximate surface area is 126 Å². The van der Waals surface area contributed by atoms with Crippen molar-refractivity contribution < 1.29 is 4.79 Å². The molecule has 0 radical (unpaired) electrons. The molecule has 1 amide bonds. The van der Waals surface area contributed by atoms with E-state index in [-0.39, 0.29) is 11.9 Å². The molecule has 1 aliphatic rings. The highest BCUT2D eigenvalue weighted by atomic mass is 16.2. The second-order valence-electron chi connectivity index (χ2n) is 5.62. The summed E-state index contributed by atoms with van der Waals surface area (Å²) in [5.41, 5.74) is 1.10. The predicted molar refractivity (Wildman–Crippen MR) is 83.9 cm³/mol. The van der Waals surface area contributed by atoms with Crippen LogP contribution in [0.2, 0.25) is 0 Å². The first-order chi connectivity index (χ1) is 10.2. The number of hydrogen-bond acceptors (Lipinski definition) is 3. The summed E-state index contributed by atoms with van der Waals surface area (Å²) in [4.78, 5) is 14.8. The number of carbonyl (C=O) groups excluding carboxylic acids is 1. The molecule has 1 saturated heterocycles. The van der Waals surface area contributed by atoms with Gasteiger partial charge in [0, 0.05) is 6.04 Å². The summed E-state index contributed by atoms with van der Waals surface area (Å²) in [6, 6.07) is 9.56. The number of nitrogens with one attached hydrogen (secondary N) is 1. The van der Waals surface area contributed by atoms with Gasteiger partial charge >= 0.3 is 0 Å². The maximum atomic E-state index is 12.5. The molecule has 2 atom stereocenters. The van der Waals surface area contributed by atoms with Crippen LogP contribution in [-0.4, -0.2) is 29.4 Å². The van der Waals surface area contributed by atoms with Crippen molar-refractivity contribution >= 4 is 11.6 Å². The number of para-hydroxylation sites is 1. The van der Waals surface area contributed by atoms with Crippen LogP contribution in [-0.2, 0) is 4.79 Å². The van der Waals surface area contributed by atoms with Crippen LogP contribution in [0.4, 0.5) is 5.69 Å². The highest BCUT2D eigenvalue weighted by Crippen LogP contribution is 2.23. The number of nitriles is 1. The van der Waals surface area contributed by atoms with Gasteiger partial charge in [0.1, 0.15) is 6.07 Å². The second-order valence-corrected chi connectivity index (χ2v) is 5.62. The minimum atomic E-state index is -0.165. The van der Waals surface area contributed by atoms with Gasteiger partial charge in [-0.2, -0.15) is 5.26 Å². The van der Waals surface area contributed by atoms with Crippen molar-refractivity contribution in [3.63, 3.8) is 0 Å². The van der Waals surface area contributed by atoms with Crippen LogP contribution in [0.5, 0.6) is 0 Å². The van der Waals surface area contributed by atoms with Crippen LogP contribution in [0.15, 0.2) is 24.3 Å². The Hall–Kier alpha value is -1.86. The van der Waals surface area contributed by atoms with Gasteiger partial charge in [-0.1, -0.05) is 25.5 Å². The quantitative estimate of drug-likeness (QED) is 0.924. The molecule has 0 spiro atoms. The third kappa shape index (κ3) is 3.62. The summed E-state index contributed by atoms with van der Waals surface area (Å²) in [6.45, 7) is 5.11. The molecule has 1 aliphatic heterocycles. The molecular formula is C17H23N3O. The Morgan fingerprint density at radius 2 is 2.24 bits per heavy atom. The molecule has 1 aromatic rings. The summed E-state index contributed by atoms with van der Waals surface area (Å²) < 4.78 is 0. The molecule has 0 aromatic heterocycles. The second kappa shape index (κ2) is 7.24. The van der Waals surface area contributed by atoms with Gasteiger partial charge in [0.15, 0.2) is 0 Å². The number of likely N-dealkylation sites (tertiary alicyclic amines) is 1. The van der Waals surface area contributed by atoms with Crippen LogP contribution in [0.1, 0.15) is 45.1 Å². The predicted octanol–water partition coefficient (Wildman–Crippen LogP) is 3.15. The summed E-state index contributed by atoms with van der Waals surface area (Å²) in [5.74, 6) is -0.0296. The fourth-order valence-corrected chi connectivity index (χ4v) is 3.05. The van der Waals surface area contributed by atoms with Gasteiger partial charge in [0.2, 0.25) is 5.91 Å². The first kappa shape index (κ1) is 15.5. The van der Waals surface area contributed by atoms with Gasteiger partial charge in [0.05, 0.1) is 17.3 Å². The number of anilines is 1. The number of amides is 1. The molecule has 2 rings (SSSR count). The van der Waals surface area contributed by atoms with E-state index in [4.69, 9.17) is 5.26 Å². The maximum absolute atomic E-state index is 12.5. The summed E-state index contributed by atoms with van der Waals surface area (Å²) in [6.07, 6.45) is 4.65. The number of nitrogens with zero attached hydrogens (tertiary/aromatic N) is 2. The number of carbonyl (C=O) groups is 1. The van der Waals surface area contributed by atoms with E-state index in [0.717, 1.165) is 19.4 Å². The number of hydrogen-bond donors (Lipinski definition) is 1. The zero-order valence-corrected chi connectivity index (χ0v) is 12.8. The number of rotatable bonds is 4. The zero-order valence-electron chi connectivity index (χ0n) is 12.8. The molecule has 2 unspecified atom stereocenters. The summed E-state index contributed by atoms with van der Waals surface area (Å²) >= 11 is 0. The normalized spacial score (nSPS) is 20.5. The average Bonchev–Trinajstić information content (AvgIpc) is 2.54. The lowest BCUT2D eigenvalue weighted by Crippen LogP contribution is -2.49. The number of piperidine rings is 1. The third-order valence-electron chi connectivity index (χ3n) is 4.33. The van der Waals surface area contributed by atoms with E-state index in [9.17, 15) is 4.79 Å². The van der Waals surface area contributed by atoms with Gasteiger partial charge in [-0.05, 0) is 44.9 Å². The first-order valence-electron chi connectivity index (χ1n) is 7.73. The molecule has 0 bridgehead atoms. The van der Waals surface area contributed by atoms with Gasteiger partial charge in [-0.3, -0.25) is 9.69 Å². The standard InChI is InChI=1S/C17H23N3O/c1-3-15-9-6-7-11-20(15)13(2)17(21)19-16-10-5-4-8-14(16)12-18/h4-5,8,10,13,15H,3,6-7,9,11H2,1-2H3,(H,19,21). The molecule has 0 saturated carbocycles. The van der Waals surface area contributed by atoms with Crippen molar-refractivity contribution in [2.45, 2.75) is 51.6 Å². The minimum Gasteiger partial charge on any atom is -0.324 e. The molecule has 1 aromatic carbocycles. The minimum absolute atomic E-state index is 0.0296. The van der Waals surface area contributed by atoms with E-state index in [1.54, 1.807) is 18.2 Å². The Balaban J connectivity index is 2.07. The lowest BCUT2D eigenvalue weighted by atomic mass is 9.98. The highest BCUT2D eigenvalue weighted by Gasteiger charge is 2.29. The monoisotopic (exact) mass is 285 g/mol. The summed E-state index contributed by atoms with van der Waals surface area (Å²) in [5, 5.41) is 12.0. The molecule has 4 heteroatoms. The van der Waals surface area contributed by atoms with Gasteiger partial charge in [-0.15, -0.1) is 0 Å². The van der Waals surface area contributed by atoms with E-state index < -0.39 is 0 Å². The van der Waals surface area contributed by atoms with E-state index in [1.165, 1.54) is 12.8 Å². The topological polar surface area (TPSA) is 56.1 Å². The van der Waals surface area contributed by atoms with Crippen LogP contribution in [0.25, 0.3) is 0 Å². The van der Waals surface area contributed by atoms with Crippen molar-refractivity contribution in [3.05, 3.63) is 29.8 Å². The van der Waals surface area contributed by atoms with Crippen molar-refractivity contribution in [2.75, 3.05) is 11.9 Å². The molecule has 1 heterocycles. The highest BCUT2D eigenvalue weighted by molar-refractivity contribution is 5.95. The van der Waals surface area contributed by atoms with E-state index in [2.05, 4.69) is 23.2 Å². The largest absolute Gasteiger partial charge is 0.324 e. The Bertz CT molecular complexity index is 535. The lowest BCUT2D eigenvalue weighted by molar-refractivity contribution is -0.122. The van der Waals surface area contributed by atoms with E-state index in [0.29, 0.717) is 17.3 Å². The van der Waals surface area contributed by atoms with Crippen molar-refractivity contribution in [1.29, 1.82) is 5.26 Å². The third-order valence-corrected chi connectivity index (χ3v) is 4.33. The van der Waals surface area contributed by atoms with Crippen molar-refractivity contribution in [1.82, 2.24) is 4.90 Å². The molecule has 1 N–H and O–H groups in total. The Kier molecular flexibility index (Phi) is 5.35. The van der Waals surface area contributed by atoms with Crippen molar-refractivity contribution in [2.24, 2.45) is 0 Å². The SMILES string of the molecule is CCC1CCCCN1C(C)C(=O)Nc1ccccc1C#N. The van der Waals surface area contributed by atoms with Crippen LogP contribution in [0, 0.1) is 11.3 Å². The first-order valence-corrected chi connectivity index (χ1v) is 7.73. The average molecular weight is 285 g/mol. The zero-order chi connectivity index (χ0) is 15.2. The molecule has 1 fully saturated rings. The Morgan fingerprint density at radius 3 is 2.95 bits per heavy atom. The molecule has 0 aliphatic carbocycles. The number of benzene rings is 1.